The maximum Gasteiger partial charge on any atom is 0.323 e. The van der Waals surface area contributed by atoms with Crippen LogP contribution in [0.2, 0.25) is 0 Å². The minimum Gasteiger partial charge on any atom is -0.463 e. The van der Waals surface area contributed by atoms with E-state index in [0.717, 1.165) is 39.0 Å². The molecule has 0 aliphatic carbocycles. The second-order valence-corrected chi connectivity index (χ2v) is 4.69. The molecule has 0 aromatic carbocycles. The zero-order valence-electron chi connectivity index (χ0n) is 11.8. The number of ether oxygens (including phenoxy) is 2. The molecule has 0 saturated carbocycles. The van der Waals surface area contributed by atoms with E-state index in [9.17, 15) is 0 Å². The molecule has 1 fully saturated rings. The van der Waals surface area contributed by atoms with Crippen molar-refractivity contribution in [2.75, 3.05) is 37.1 Å². The van der Waals surface area contributed by atoms with E-state index in [1.54, 1.807) is 0 Å². The molecule has 4 N–H and O–H groups in total. The molecule has 1 aliphatic rings. The Bertz CT molecular complexity index is 411. The fraction of sp³-hybridized carbons (Fsp3) is 0.750. The van der Waals surface area contributed by atoms with Crippen LogP contribution in [-0.4, -0.2) is 41.3 Å². The SMILES string of the molecule is CCCOc1nc(NN)nc(NCC2CCOCC2)n1. The molecular weight excluding hydrogens is 260 g/mol. The summed E-state index contributed by atoms with van der Waals surface area (Å²) >= 11 is 0. The molecule has 0 bridgehead atoms. The van der Waals surface area contributed by atoms with Crippen LogP contribution in [0.1, 0.15) is 26.2 Å². The van der Waals surface area contributed by atoms with Gasteiger partial charge in [-0.2, -0.15) is 15.0 Å². The van der Waals surface area contributed by atoms with Crippen molar-refractivity contribution in [1.29, 1.82) is 0 Å². The van der Waals surface area contributed by atoms with Crippen molar-refractivity contribution in [3.8, 4) is 6.01 Å². The molecule has 112 valence electrons. The van der Waals surface area contributed by atoms with Crippen LogP contribution in [0.15, 0.2) is 0 Å². The van der Waals surface area contributed by atoms with Crippen LogP contribution < -0.4 is 21.3 Å². The highest BCUT2D eigenvalue weighted by Gasteiger charge is 2.14. The molecule has 0 atom stereocenters. The second kappa shape index (κ2) is 7.81. The summed E-state index contributed by atoms with van der Waals surface area (Å²) in [7, 11) is 0. The highest BCUT2D eigenvalue weighted by atomic mass is 16.5. The van der Waals surface area contributed by atoms with E-state index in [2.05, 4.69) is 25.7 Å². The van der Waals surface area contributed by atoms with Crippen molar-refractivity contribution in [2.24, 2.45) is 11.8 Å². The Morgan fingerprint density at radius 3 is 2.70 bits per heavy atom. The molecule has 1 saturated heterocycles. The van der Waals surface area contributed by atoms with Crippen molar-refractivity contribution < 1.29 is 9.47 Å². The number of anilines is 2. The van der Waals surface area contributed by atoms with Crippen molar-refractivity contribution >= 4 is 11.9 Å². The third-order valence-corrected chi connectivity index (χ3v) is 3.07. The van der Waals surface area contributed by atoms with E-state index in [4.69, 9.17) is 15.3 Å². The van der Waals surface area contributed by atoms with Gasteiger partial charge in [0.2, 0.25) is 11.9 Å². The maximum atomic E-state index is 5.41. The van der Waals surface area contributed by atoms with Gasteiger partial charge in [0.1, 0.15) is 0 Å². The highest BCUT2D eigenvalue weighted by Crippen LogP contribution is 2.16. The second-order valence-electron chi connectivity index (χ2n) is 4.69. The summed E-state index contributed by atoms with van der Waals surface area (Å²) in [5, 5.41) is 3.21. The summed E-state index contributed by atoms with van der Waals surface area (Å²) in [6.07, 6.45) is 3.00. The van der Waals surface area contributed by atoms with E-state index in [1.807, 2.05) is 6.92 Å². The van der Waals surface area contributed by atoms with Crippen molar-refractivity contribution in [3.05, 3.63) is 0 Å². The normalized spacial score (nSPS) is 15.9. The predicted octanol–water partition coefficient (Wildman–Crippen LogP) is 0.784. The smallest absolute Gasteiger partial charge is 0.323 e. The number of nitrogens with one attached hydrogen (secondary N) is 2. The van der Waals surface area contributed by atoms with Gasteiger partial charge >= 0.3 is 6.01 Å². The first-order valence-corrected chi connectivity index (χ1v) is 6.99. The molecule has 2 heterocycles. The minimum atomic E-state index is 0.282. The summed E-state index contributed by atoms with van der Waals surface area (Å²) in [6.45, 7) is 5.04. The summed E-state index contributed by atoms with van der Waals surface area (Å²) in [5.74, 6) is 6.70. The third kappa shape index (κ3) is 4.46. The number of nitrogens with zero attached hydrogens (tertiary/aromatic N) is 3. The predicted molar refractivity (Wildman–Crippen MR) is 75.5 cm³/mol. The lowest BCUT2D eigenvalue weighted by Gasteiger charge is -2.22. The monoisotopic (exact) mass is 282 g/mol. The quantitative estimate of drug-likeness (QED) is 0.497. The van der Waals surface area contributed by atoms with E-state index in [1.165, 1.54) is 0 Å². The number of hydrogen-bond acceptors (Lipinski definition) is 8. The Balaban J connectivity index is 1.94. The largest absolute Gasteiger partial charge is 0.463 e. The van der Waals surface area contributed by atoms with Gasteiger partial charge in [-0.25, -0.2) is 5.84 Å². The average Bonchev–Trinajstić information content (AvgIpc) is 2.51. The van der Waals surface area contributed by atoms with Gasteiger partial charge in [0.05, 0.1) is 6.61 Å². The van der Waals surface area contributed by atoms with Gasteiger partial charge in [0.25, 0.3) is 0 Å². The molecular formula is C12H22N6O2. The Morgan fingerprint density at radius 2 is 2.00 bits per heavy atom. The molecule has 0 radical (unpaired) electrons. The number of hydrazine groups is 1. The van der Waals surface area contributed by atoms with Crippen LogP contribution in [0.4, 0.5) is 11.9 Å². The van der Waals surface area contributed by atoms with Gasteiger partial charge < -0.3 is 14.8 Å². The number of rotatable bonds is 7. The summed E-state index contributed by atoms with van der Waals surface area (Å²) in [5.41, 5.74) is 2.42. The van der Waals surface area contributed by atoms with Crippen LogP contribution in [-0.2, 0) is 4.74 Å². The number of aromatic nitrogens is 3. The molecule has 20 heavy (non-hydrogen) atoms. The zero-order valence-corrected chi connectivity index (χ0v) is 11.8. The van der Waals surface area contributed by atoms with Crippen molar-refractivity contribution in [1.82, 2.24) is 15.0 Å². The molecule has 1 aromatic rings. The highest BCUT2D eigenvalue weighted by molar-refractivity contribution is 5.34. The molecule has 1 aliphatic heterocycles. The van der Waals surface area contributed by atoms with Crippen LogP contribution in [0.25, 0.3) is 0 Å². The number of nitrogen functional groups attached to an aromatic ring is 1. The molecule has 0 spiro atoms. The topological polar surface area (TPSA) is 107 Å². The van der Waals surface area contributed by atoms with Gasteiger partial charge in [-0.15, -0.1) is 0 Å². The zero-order chi connectivity index (χ0) is 14.2. The average molecular weight is 282 g/mol. The van der Waals surface area contributed by atoms with Crippen molar-refractivity contribution in [2.45, 2.75) is 26.2 Å². The molecule has 8 nitrogen and oxygen atoms in total. The Kier molecular flexibility index (Phi) is 5.75. The fourth-order valence-corrected chi connectivity index (χ4v) is 1.94. The van der Waals surface area contributed by atoms with Crippen LogP contribution in [0.5, 0.6) is 6.01 Å². The lowest BCUT2D eigenvalue weighted by Crippen LogP contribution is -2.23. The van der Waals surface area contributed by atoms with E-state index < -0.39 is 0 Å². The van der Waals surface area contributed by atoms with E-state index in [0.29, 0.717) is 24.4 Å². The first kappa shape index (κ1) is 14.7. The van der Waals surface area contributed by atoms with Gasteiger partial charge in [0.15, 0.2) is 0 Å². The first-order chi connectivity index (χ1) is 9.81. The van der Waals surface area contributed by atoms with Crippen LogP contribution in [0.3, 0.4) is 0 Å². The van der Waals surface area contributed by atoms with Gasteiger partial charge in [-0.05, 0) is 25.2 Å². The van der Waals surface area contributed by atoms with Crippen LogP contribution in [0, 0.1) is 5.92 Å². The molecule has 1 aromatic heterocycles. The third-order valence-electron chi connectivity index (χ3n) is 3.07. The van der Waals surface area contributed by atoms with Crippen molar-refractivity contribution in [3.63, 3.8) is 0 Å². The van der Waals surface area contributed by atoms with E-state index in [-0.39, 0.29) is 6.01 Å². The molecule has 0 unspecified atom stereocenters. The Hall–Kier alpha value is -1.67. The summed E-state index contributed by atoms with van der Waals surface area (Å²) < 4.78 is 10.7. The van der Waals surface area contributed by atoms with E-state index >= 15 is 0 Å². The maximum absolute atomic E-state index is 5.41. The fourth-order valence-electron chi connectivity index (χ4n) is 1.94. The standard InChI is InChI=1S/C12H22N6O2/c1-2-5-20-12-16-10(15-11(17-12)18-13)14-8-9-3-6-19-7-4-9/h9H,2-8,13H2,1H3,(H2,14,15,16,17,18). The lowest BCUT2D eigenvalue weighted by molar-refractivity contribution is 0.0699. The minimum absolute atomic E-state index is 0.282. The lowest BCUT2D eigenvalue weighted by atomic mass is 10.0. The first-order valence-electron chi connectivity index (χ1n) is 6.99. The van der Waals surface area contributed by atoms with Gasteiger partial charge in [-0.3, -0.25) is 5.43 Å². The molecule has 0 amide bonds. The molecule has 8 heteroatoms. The summed E-state index contributed by atoms with van der Waals surface area (Å²) in [4.78, 5) is 12.4. The Labute approximate surface area is 118 Å². The van der Waals surface area contributed by atoms with Gasteiger partial charge in [-0.1, -0.05) is 6.92 Å². The Morgan fingerprint density at radius 1 is 1.25 bits per heavy atom. The number of nitrogens with two attached hydrogens (primary N) is 1. The van der Waals surface area contributed by atoms with Crippen LogP contribution >= 0.6 is 0 Å². The number of hydrogen-bond donors (Lipinski definition) is 3. The molecule has 2 rings (SSSR count). The van der Waals surface area contributed by atoms with Gasteiger partial charge in [0, 0.05) is 19.8 Å². The summed E-state index contributed by atoms with van der Waals surface area (Å²) in [6, 6.07) is 0.282.